The van der Waals surface area contributed by atoms with Crippen molar-refractivity contribution in [2.75, 3.05) is 31.3 Å². The van der Waals surface area contributed by atoms with E-state index >= 15 is 0 Å². The quantitative estimate of drug-likeness (QED) is 0.850. The van der Waals surface area contributed by atoms with Gasteiger partial charge in [0.25, 0.3) is 0 Å². The summed E-state index contributed by atoms with van der Waals surface area (Å²) in [6.45, 7) is 4.42. The molecule has 132 valence electrons. The maximum absolute atomic E-state index is 12.2. The highest BCUT2D eigenvalue weighted by molar-refractivity contribution is 5.94. The van der Waals surface area contributed by atoms with Gasteiger partial charge in [0.15, 0.2) is 0 Å². The van der Waals surface area contributed by atoms with E-state index in [1.807, 2.05) is 39.2 Å². The number of anilines is 2. The van der Waals surface area contributed by atoms with Gasteiger partial charge in [0.1, 0.15) is 0 Å². The van der Waals surface area contributed by atoms with E-state index in [0.29, 0.717) is 24.3 Å². The number of nitrogens with zero attached hydrogens (tertiary/aromatic N) is 1. The second-order valence-corrected chi connectivity index (χ2v) is 6.51. The van der Waals surface area contributed by atoms with E-state index in [4.69, 9.17) is 0 Å². The van der Waals surface area contributed by atoms with Crippen molar-refractivity contribution in [2.45, 2.75) is 20.3 Å². The monoisotopic (exact) mass is 339 g/mol. The van der Waals surface area contributed by atoms with Crippen LogP contribution in [0.2, 0.25) is 0 Å². The lowest BCUT2D eigenvalue weighted by Crippen LogP contribution is -2.27. The molecule has 0 atom stereocenters. The molecule has 25 heavy (non-hydrogen) atoms. The zero-order chi connectivity index (χ0) is 18.4. The van der Waals surface area contributed by atoms with Crippen molar-refractivity contribution in [2.24, 2.45) is 0 Å². The fourth-order valence-corrected chi connectivity index (χ4v) is 2.43. The first-order chi connectivity index (χ1) is 11.8. The molecule has 2 amide bonds. The van der Waals surface area contributed by atoms with Crippen LogP contribution in [-0.4, -0.2) is 37.4 Å². The molecule has 0 aliphatic carbocycles. The fraction of sp³-hybridized carbons (Fsp3) is 0.300. The Morgan fingerprint density at radius 1 is 0.840 bits per heavy atom. The van der Waals surface area contributed by atoms with Gasteiger partial charge in [0.2, 0.25) is 11.8 Å². The van der Waals surface area contributed by atoms with Crippen LogP contribution in [0.15, 0.2) is 42.5 Å². The number of hydrogen-bond donors (Lipinski definition) is 2. The zero-order valence-electron chi connectivity index (χ0n) is 15.2. The Kier molecular flexibility index (Phi) is 6.31. The van der Waals surface area contributed by atoms with Crippen molar-refractivity contribution in [3.63, 3.8) is 0 Å². The minimum Gasteiger partial charge on any atom is -0.326 e. The molecular weight excluding hydrogens is 314 g/mol. The third kappa shape index (κ3) is 6.04. The summed E-state index contributed by atoms with van der Waals surface area (Å²) in [5, 5.41) is 5.69. The number of carbonyl (C=O) groups is 2. The summed E-state index contributed by atoms with van der Waals surface area (Å²) < 4.78 is 0. The highest BCUT2D eigenvalue weighted by Crippen LogP contribution is 2.15. The molecule has 2 aromatic rings. The average molecular weight is 339 g/mol. The van der Waals surface area contributed by atoms with E-state index in [-0.39, 0.29) is 11.8 Å². The van der Waals surface area contributed by atoms with Gasteiger partial charge in [-0.05, 0) is 68.9 Å². The molecule has 0 radical (unpaired) electrons. The third-order valence-electron chi connectivity index (χ3n) is 3.85. The van der Waals surface area contributed by atoms with Gasteiger partial charge in [-0.15, -0.1) is 0 Å². The highest BCUT2D eigenvalue weighted by Gasteiger charge is 2.07. The van der Waals surface area contributed by atoms with Gasteiger partial charge >= 0.3 is 0 Å². The van der Waals surface area contributed by atoms with E-state index in [1.165, 1.54) is 11.1 Å². The number of aryl methyl sites for hydroxylation is 2. The van der Waals surface area contributed by atoms with Gasteiger partial charge < -0.3 is 15.5 Å². The van der Waals surface area contributed by atoms with E-state index in [1.54, 1.807) is 29.2 Å². The normalized spacial score (nSPS) is 10.6. The molecule has 5 nitrogen and oxygen atoms in total. The lowest BCUT2D eigenvalue weighted by molar-refractivity contribution is -0.117. The number of rotatable bonds is 6. The highest BCUT2D eigenvalue weighted by atomic mass is 16.2. The largest absolute Gasteiger partial charge is 0.326 e. The summed E-state index contributed by atoms with van der Waals surface area (Å²) >= 11 is 0. The first kappa shape index (κ1) is 18.7. The summed E-state index contributed by atoms with van der Waals surface area (Å²) in [6.07, 6.45) is 0.336. The van der Waals surface area contributed by atoms with Crippen LogP contribution < -0.4 is 10.6 Å². The number of hydrogen-bond acceptors (Lipinski definition) is 3. The van der Waals surface area contributed by atoms with Gasteiger partial charge in [0.05, 0.1) is 13.0 Å². The van der Waals surface area contributed by atoms with Crippen LogP contribution in [0, 0.1) is 13.8 Å². The number of amides is 2. The molecule has 2 rings (SSSR count). The van der Waals surface area contributed by atoms with Crippen molar-refractivity contribution >= 4 is 23.2 Å². The molecule has 0 aromatic heterocycles. The number of benzene rings is 2. The molecule has 0 aliphatic heterocycles. The van der Waals surface area contributed by atoms with Crippen molar-refractivity contribution in [3.8, 4) is 0 Å². The predicted octanol–water partition coefficient (Wildman–Crippen LogP) is 2.98. The summed E-state index contributed by atoms with van der Waals surface area (Å²) in [5.74, 6) is -0.135. The van der Waals surface area contributed by atoms with Crippen molar-refractivity contribution in [1.29, 1.82) is 0 Å². The van der Waals surface area contributed by atoms with E-state index < -0.39 is 0 Å². The van der Waals surface area contributed by atoms with Crippen LogP contribution in [0.3, 0.4) is 0 Å². The fourth-order valence-electron chi connectivity index (χ4n) is 2.43. The molecule has 0 saturated heterocycles. The average Bonchev–Trinajstić information content (AvgIpc) is 2.52. The van der Waals surface area contributed by atoms with E-state index in [9.17, 15) is 9.59 Å². The molecule has 2 N–H and O–H groups in total. The molecular formula is C20H25N3O2. The smallest absolute Gasteiger partial charge is 0.238 e. The van der Waals surface area contributed by atoms with Gasteiger partial charge in [-0.3, -0.25) is 9.59 Å². The molecule has 0 bridgehead atoms. The minimum atomic E-state index is -0.0727. The van der Waals surface area contributed by atoms with Crippen molar-refractivity contribution in [3.05, 3.63) is 59.2 Å². The summed E-state index contributed by atoms with van der Waals surface area (Å²) in [7, 11) is 3.68. The predicted molar refractivity (Wildman–Crippen MR) is 102 cm³/mol. The SMILES string of the molecule is Cc1ccc(CC(=O)Nc2ccc(NC(=O)CN(C)C)cc2)cc1C. The van der Waals surface area contributed by atoms with Crippen LogP contribution >= 0.6 is 0 Å². The second-order valence-electron chi connectivity index (χ2n) is 6.51. The zero-order valence-corrected chi connectivity index (χ0v) is 15.2. The third-order valence-corrected chi connectivity index (χ3v) is 3.85. The number of nitrogens with one attached hydrogen (secondary N) is 2. The molecule has 0 heterocycles. The second kappa shape index (κ2) is 8.44. The van der Waals surface area contributed by atoms with Gasteiger partial charge in [-0.2, -0.15) is 0 Å². The molecule has 5 heteroatoms. The molecule has 0 saturated carbocycles. The van der Waals surface area contributed by atoms with Crippen LogP contribution in [0.1, 0.15) is 16.7 Å². The Morgan fingerprint density at radius 2 is 1.40 bits per heavy atom. The Labute approximate surface area is 149 Å². The summed E-state index contributed by atoms with van der Waals surface area (Å²) in [6, 6.07) is 13.2. The topological polar surface area (TPSA) is 61.4 Å². The number of carbonyl (C=O) groups excluding carboxylic acids is 2. The summed E-state index contributed by atoms with van der Waals surface area (Å²) in [5.41, 5.74) is 4.81. The summed E-state index contributed by atoms with van der Waals surface area (Å²) in [4.78, 5) is 25.7. The maximum Gasteiger partial charge on any atom is 0.238 e. The van der Waals surface area contributed by atoms with Gasteiger partial charge in [0, 0.05) is 11.4 Å². The van der Waals surface area contributed by atoms with E-state index in [2.05, 4.69) is 17.6 Å². The van der Waals surface area contributed by atoms with Crippen molar-refractivity contribution < 1.29 is 9.59 Å². The molecule has 0 spiro atoms. The Morgan fingerprint density at radius 3 is 1.92 bits per heavy atom. The van der Waals surface area contributed by atoms with E-state index in [0.717, 1.165) is 5.56 Å². The molecule has 0 unspecified atom stereocenters. The Bertz CT molecular complexity index is 752. The Balaban J connectivity index is 1.90. The van der Waals surface area contributed by atoms with Gasteiger partial charge in [-0.1, -0.05) is 18.2 Å². The minimum absolute atomic E-state index is 0.0624. The standard InChI is InChI=1S/C20H25N3O2/c1-14-5-6-16(11-15(14)2)12-19(24)21-17-7-9-18(10-8-17)22-20(25)13-23(3)4/h5-11H,12-13H2,1-4H3,(H,21,24)(H,22,25). The van der Waals surface area contributed by atoms with Crippen LogP contribution in [0.5, 0.6) is 0 Å². The first-order valence-electron chi connectivity index (χ1n) is 8.24. The van der Waals surface area contributed by atoms with Gasteiger partial charge in [-0.25, -0.2) is 0 Å². The maximum atomic E-state index is 12.2. The first-order valence-corrected chi connectivity index (χ1v) is 8.24. The molecule has 0 aliphatic rings. The lowest BCUT2D eigenvalue weighted by atomic mass is 10.0. The van der Waals surface area contributed by atoms with Crippen LogP contribution in [-0.2, 0) is 16.0 Å². The number of likely N-dealkylation sites (N-methyl/N-ethyl adjacent to an activating group) is 1. The lowest BCUT2D eigenvalue weighted by Gasteiger charge is -2.11. The molecule has 0 fully saturated rings. The van der Waals surface area contributed by atoms with Crippen LogP contribution in [0.4, 0.5) is 11.4 Å². The van der Waals surface area contributed by atoms with Crippen LogP contribution in [0.25, 0.3) is 0 Å². The Hall–Kier alpha value is -2.66. The van der Waals surface area contributed by atoms with Crippen molar-refractivity contribution in [1.82, 2.24) is 4.90 Å². The molecule has 2 aromatic carbocycles.